The van der Waals surface area contributed by atoms with Crippen molar-refractivity contribution in [2.75, 3.05) is 19.6 Å². The maximum absolute atomic E-state index is 12.1. The average molecular weight is 294 g/mol. The summed E-state index contributed by atoms with van der Waals surface area (Å²) in [5, 5.41) is 11.9. The fourth-order valence-electron chi connectivity index (χ4n) is 2.93. The molecule has 6 heteroatoms. The van der Waals surface area contributed by atoms with E-state index in [-0.39, 0.29) is 11.8 Å². The van der Waals surface area contributed by atoms with Gasteiger partial charge in [0.05, 0.1) is 11.8 Å². The lowest BCUT2D eigenvalue weighted by molar-refractivity contribution is -0.147. The molecular formula is C15H22N2O4. The van der Waals surface area contributed by atoms with E-state index in [0.717, 1.165) is 13.0 Å². The summed E-state index contributed by atoms with van der Waals surface area (Å²) in [4.78, 5) is 36.5. The molecule has 0 spiro atoms. The van der Waals surface area contributed by atoms with Gasteiger partial charge in [-0.15, -0.1) is 0 Å². The molecular weight excluding hydrogens is 272 g/mol. The van der Waals surface area contributed by atoms with Crippen molar-refractivity contribution in [3.05, 3.63) is 12.2 Å². The van der Waals surface area contributed by atoms with Gasteiger partial charge in [0.15, 0.2) is 0 Å². The second-order valence-corrected chi connectivity index (χ2v) is 5.62. The Morgan fingerprint density at radius 1 is 1.29 bits per heavy atom. The topological polar surface area (TPSA) is 86.7 Å². The van der Waals surface area contributed by atoms with Gasteiger partial charge in [0.25, 0.3) is 0 Å². The number of carbonyl (C=O) groups is 3. The minimum absolute atomic E-state index is 0.185. The number of hydrogen-bond acceptors (Lipinski definition) is 3. The van der Waals surface area contributed by atoms with Gasteiger partial charge in [-0.1, -0.05) is 12.2 Å². The zero-order valence-corrected chi connectivity index (χ0v) is 12.1. The number of carboxylic acid groups (broad SMARTS) is 1. The van der Waals surface area contributed by atoms with E-state index in [1.807, 2.05) is 17.1 Å². The first kappa shape index (κ1) is 15.5. The number of nitrogens with one attached hydrogen (secondary N) is 1. The fraction of sp³-hybridized carbons (Fsp3) is 0.667. The molecule has 0 aromatic heterocycles. The minimum atomic E-state index is -0.915. The maximum atomic E-state index is 12.1. The molecule has 0 bridgehead atoms. The smallest absolute Gasteiger partial charge is 0.307 e. The van der Waals surface area contributed by atoms with Gasteiger partial charge in [-0.2, -0.15) is 0 Å². The number of amides is 2. The largest absolute Gasteiger partial charge is 0.481 e. The molecule has 1 aliphatic heterocycles. The summed E-state index contributed by atoms with van der Waals surface area (Å²) in [6, 6.07) is 0. The molecule has 0 saturated carbocycles. The number of carbonyl (C=O) groups excluding carboxylic acids is 2. The second-order valence-electron chi connectivity index (χ2n) is 5.62. The first-order valence-corrected chi connectivity index (χ1v) is 7.53. The number of rotatable bonds is 6. The van der Waals surface area contributed by atoms with Crippen LogP contribution in [0.2, 0.25) is 0 Å². The summed E-state index contributed by atoms with van der Waals surface area (Å²) < 4.78 is 0. The van der Waals surface area contributed by atoms with E-state index in [0.29, 0.717) is 38.8 Å². The lowest BCUT2D eigenvalue weighted by atomic mass is 9.82. The van der Waals surface area contributed by atoms with Crippen LogP contribution >= 0.6 is 0 Å². The third kappa shape index (κ3) is 4.06. The van der Waals surface area contributed by atoms with Gasteiger partial charge < -0.3 is 15.3 Å². The summed E-state index contributed by atoms with van der Waals surface area (Å²) in [6.07, 6.45) is 6.83. The van der Waals surface area contributed by atoms with E-state index in [2.05, 4.69) is 5.32 Å². The van der Waals surface area contributed by atoms with Crippen molar-refractivity contribution in [3.8, 4) is 0 Å². The Morgan fingerprint density at radius 3 is 2.62 bits per heavy atom. The van der Waals surface area contributed by atoms with Crippen LogP contribution in [0.4, 0.5) is 0 Å². The fourth-order valence-corrected chi connectivity index (χ4v) is 2.93. The van der Waals surface area contributed by atoms with Crippen molar-refractivity contribution in [3.63, 3.8) is 0 Å². The van der Waals surface area contributed by atoms with Crippen LogP contribution in [0.25, 0.3) is 0 Å². The molecule has 0 unspecified atom stereocenters. The van der Waals surface area contributed by atoms with Gasteiger partial charge in [0, 0.05) is 26.1 Å². The number of aliphatic carboxylic acids is 1. The SMILES string of the molecule is O=C(O)[C@@H]1CC=CC[C@H]1C(=O)NCCCN1CCCC1=O. The molecule has 1 fully saturated rings. The van der Waals surface area contributed by atoms with E-state index in [9.17, 15) is 14.4 Å². The van der Waals surface area contributed by atoms with Crippen LogP contribution in [0.1, 0.15) is 32.1 Å². The second kappa shape index (κ2) is 7.24. The van der Waals surface area contributed by atoms with Crippen LogP contribution in [0.3, 0.4) is 0 Å². The molecule has 2 rings (SSSR count). The van der Waals surface area contributed by atoms with Gasteiger partial charge in [-0.3, -0.25) is 14.4 Å². The van der Waals surface area contributed by atoms with Crippen molar-refractivity contribution < 1.29 is 19.5 Å². The lowest BCUT2D eigenvalue weighted by Crippen LogP contribution is -2.39. The Bertz CT molecular complexity index is 447. The Balaban J connectivity index is 1.72. The van der Waals surface area contributed by atoms with Crippen LogP contribution in [0.5, 0.6) is 0 Å². The Morgan fingerprint density at radius 2 is 2.00 bits per heavy atom. The molecule has 0 aromatic carbocycles. The predicted octanol–water partition coefficient (Wildman–Crippen LogP) is 0.782. The Kier molecular flexibility index (Phi) is 5.36. The molecule has 116 valence electrons. The van der Waals surface area contributed by atoms with Crippen LogP contribution in [0.15, 0.2) is 12.2 Å². The summed E-state index contributed by atoms with van der Waals surface area (Å²) >= 11 is 0. The molecule has 2 aliphatic rings. The molecule has 6 nitrogen and oxygen atoms in total. The number of carboxylic acids is 1. The van der Waals surface area contributed by atoms with Gasteiger partial charge in [-0.05, 0) is 25.7 Å². The quantitative estimate of drug-likeness (QED) is 0.560. The lowest BCUT2D eigenvalue weighted by Gasteiger charge is -2.24. The van der Waals surface area contributed by atoms with Crippen LogP contribution in [0, 0.1) is 11.8 Å². The summed E-state index contributed by atoms with van der Waals surface area (Å²) in [5.41, 5.74) is 0. The zero-order chi connectivity index (χ0) is 15.2. The molecule has 0 radical (unpaired) electrons. The number of allylic oxidation sites excluding steroid dienone is 2. The first-order chi connectivity index (χ1) is 10.1. The maximum Gasteiger partial charge on any atom is 0.307 e. The normalized spacial score (nSPS) is 25.1. The molecule has 1 saturated heterocycles. The standard InChI is InChI=1S/C15H22N2O4/c18-13-7-3-9-17(13)10-4-8-16-14(19)11-5-1-2-6-12(11)15(20)21/h1-2,11-12H,3-10H2,(H,16,19)(H,20,21)/t11-,12-/m1/s1. The number of nitrogens with zero attached hydrogens (tertiary/aromatic N) is 1. The highest BCUT2D eigenvalue weighted by Gasteiger charge is 2.33. The van der Waals surface area contributed by atoms with Gasteiger partial charge in [-0.25, -0.2) is 0 Å². The summed E-state index contributed by atoms with van der Waals surface area (Å²) in [5.74, 6) is -2.04. The van der Waals surface area contributed by atoms with Crippen LogP contribution < -0.4 is 5.32 Å². The van der Waals surface area contributed by atoms with E-state index < -0.39 is 17.8 Å². The van der Waals surface area contributed by atoms with Crippen molar-refractivity contribution in [2.24, 2.45) is 11.8 Å². The monoisotopic (exact) mass is 294 g/mol. The molecule has 2 amide bonds. The highest BCUT2D eigenvalue weighted by molar-refractivity contribution is 5.85. The van der Waals surface area contributed by atoms with E-state index in [1.165, 1.54) is 0 Å². The summed E-state index contributed by atoms with van der Waals surface area (Å²) in [7, 11) is 0. The molecule has 0 aromatic rings. The van der Waals surface area contributed by atoms with Crippen molar-refractivity contribution >= 4 is 17.8 Å². The highest BCUT2D eigenvalue weighted by Crippen LogP contribution is 2.25. The van der Waals surface area contributed by atoms with E-state index >= 15 is 0 Å². The molecule has 1 aliphatic carbocycles. The molecule has 2 atom stereocenters. The van der Waals surface area contributed by atoms with Gasteiger partial charge in [0.2, 0.25) is 11.8 Å². The highest BCUT2D eigenvalue weighted by atomic mass is 16.4. The number of hydrogen-bond donors (Lipinski definition) is 2. The molecule has 2 N–H and O–H groups in total. The molecule has 21 heavy (non-hydrogen) atoms. The zero-order valence-electron chi connectivity index (χ0n) is 12.1. The van der Waals surface area contributed by atoms with Crippen molar-refractivity contribution in [1.29, 1.82) is 0 Å². The Hall–Kier alpha value is -1.85. The van der Waals surface area contributed by atoms with Crippen molar-refractivity contribution in [2.45, 2.75) is 32.1 Å². The van der Waals surface area contributed by atoms with Gasteiger partial charge >= 0.3 is 5.97 Å². The van der Waals surface area contributed by atoms with Crippen LogP contribution in [-0.4, -0.2) is 47.4 Å². The first-order valence-electron chi connectivity index (χ1n) is 7.53. The molecule has 1 heterocycles. The van der Waals surface area contributed by atoms with Gasteiger partial charge in [0.1, 0.15) is 0 Å². The third-order valence-electron chi connectivity index (χ3n) is 4.16. The third-order valence-corrected chi connectivity index (χ3v) is 4.16. The minimum Gasteiger partial charge on any atom is -0.481 e. The van der Waals surface area contributed by atoms with E-state index in [1.54, 1.807) is 0 Å². The Labute approximate surface area is 124 Å². The predicted molar refractivity (Wildman–Crippen MR) is 76.4 cm³/mol. The summed E-state index contributed by atoms with van der Waals surface area (Å²) in [6.45, 7) is 1.95. The van der Waals surface area contributed by atoms with E-state index in [4.69, 9.17) is 5.11 Å². The average Bonchev–Trinajstić information content (AvgIpc) is 2.88. The van der Waals surface area contributed by atoms with Crippen molar-refractivity contribution in [1.82, 2.24) is 10.2 Å². The number of likely N-dealkylation sites (tertiary alicyclic amines) is 1. The van der Waals surface area contributed by atoms with Crippen LogP contribution in [-0.2, 0) is 14.4 Å².